The molecule has 0 aromatic carbocycles. The standard InChI is InChI=1S/C10H19N2/c1-7(2)12-10(5)8(3)9(4)11(12)6/h7H,1-6H3/q+1. The first kappa shape index (κ1) is 9.30. The molecule has 0 aliphatic heterocycles. The normalized spacial score (nSPS) is 11.2. The zero-order valence-electron chi connectivity index (χ0n) is 8.97. The number of rotatable bonds is 1. The van der Waals surface area contributed by atoms with E-state index in [2.05, 4.69) is 51.0 Å². The molecule has 68 valence electrons. The molecule has 0 saturated carbocycles. The van der Waals surface area contributed by atoms with Crippen LogP contribution in [-0.2, 0) is 7.05 Å². The van der Waals surface area contributed by atoms with Crippen molar-refractivity contribution < 1.29 is 4.68 Å². The molecule has 0 aliphatic carbocycles. The van der Waals surface area contributed by atoms with Crippen molar-refractivity contribution in [1.29, 1.82) is 0 Å². The topological polar surface area (TPSA) is 8.81 Å². The fourth-order valence-electron chi connectivity index (χ4n) is 1.80. The monoisotopic (exact) mass is 167 g/mol. The summed E-state index contributed by atoms with van der Waals surface area (Å²) in [7, 11) is 2.12. The highest BCUT2D eigenvalue weighted by molar-refractivity contribution is 5.18. The van der Waals surface area contributed by atoms with Gasteiger partial charge in [-0.2, -0.15) is 4.68 Å². The fraction of sp³-hybridized carbons (Fsp3) is 0.700. The Kier molecular flexibility index (Phi) is 2.27. The van der Waals surface area contributed by atoms with Gasteiger partial charge in [0.1, 0.15) is 0 Å². The van der Waals surface area contributed by atoms with Gasteiger partial charge in [-0.15, -0.1) is 4.68 Å². The van der Waals surface area contributed by atoms with E-state index in [0.29, 0.717) is 6.04 Å². The minimum atomic E-state index is 0.544. The average Bonchev–Trinajstić information content (AvgIpc) is 2.16. The smallest absolute Gasteiger partial charge is 0.155 e. The Morgan fingerprint density at radius 1 is 1.17 bits per heavy atom. The quantitative estimate of drug-likeness (QED) is 0.564. The van der Waals surface area contributed by atoms with Gasteiger partial charge in [0.15, 0.2) is 7.05 Å². The maximum absolute atomic E-state index is 2.32. The highest BCUT2D eigenvalue weighted by Gasteiger charge is 2.19. The molecule has 1 aromatic heterocycles. The third-order valence-corrected chi connectivity index (χ3v) is 2.73. The van der Waals surface area contributed by atoms with Crippen molar-refractivity contribution in [1.82, 2.24) is 4.68 Å². The Hall–Kier alpha value is -0.790. The van der Waals surface area contributed by atoms with Gasteiger partial charge in [0, 0.05) is 12.5 Å². The first-order chi connectivity index (χ1) is 5.46. The predicted molar refractivity (Wildman–Crippen MR) is 50.2 cm³/mol. The van der Waals surface area contributed by atoms with Gasteiger partial charge in [0.25, 0.3) is 0 Å². The maximum atomic E-state index is 2.32. The lowest BCUT2D eigenvalue weighted by molar-refractivity contribution is -0.761. The third-order valence-electron chi connectivity index (χ3n) is 2.73. The molecule has 1 rings (SSSR count). The van der Waals surface area contributed by atoms with Crippen molar-refractivity contribution in [3.8, 4) is 0 Å². The molecule has 0 spiro atoms. The minimum absolute atomic E-state index is 0.544. The van der Waals surface area contributed by atoms with Crippen molar-refractivity contribution in [2.24, 2.45) is 7.05 Å². The molecule has 0 amide bonds. The SMILES string of the molecule is Cc1c(C)n(C(C)C)[n+](C)c1C. The van der Waals surface area contributed by atoms with E-state index in [1.807, 2.05) is 0 Å². The lowest BCUT2D eigenvalue weighted by atomic mass is 10.2. The molecule has 0 atom stereocenters. The van der Waals surface area contributed by atoms with Gasteiger partial charge in [0.05, 0.1) is 11.7 Å². The van der Waals surface area contributed by atoms with Crippen LogP contribution >= 0.6 is 0 Å². The zero-order valence-corrected chi connectivity index (χ0v) is 8.97. The van der Waals surface area contributed by atoms with E-state index in [-0.39, 0.29) is 0 Å². The van der Waals surface area contributed by atoms with E-state index in [1.165, 1.54) is 17.0 Å². The molecular weight excluding hydrogens is 148 g/mol. The van der Waals surface area contributed by atoms with Gasteiger partial charge in [0.2, 0.25) is 5.69 Å². The van der Waals surface area contributed by atoms with Crippen LogP contribution in [0.1, 0.15) is 36.8 Å². The molecule has 0 radical (unpaired) electrons. The molecule has 0 bridgehead atoms. The molecule has 0 N–H and O–H groups in total. The van der Waals surface area contributed by atoms with Crippen LogP contribution in [0.4, 0.5) is 0 Å². The van der Waals surface area contributed by atoms with Gasteiger partial charge in [-0.3, -0.25) is 0 Å². The van der Waals surface area contributed by atoms with E-state index < -0.39 is 0 Å². The van der Waals surface area contributed by atoms with Crippen LogP contribution in [-0.4, -0.2) is 4.68 Å². The third kappa shape index (κ3) is 1.15. The maximum Gasteiger partial charge on any atom is 0.207 e. The Morgan fingerprint density at radius 2 is 1.67 bits per heavy atom. The van der Waals surface area contributed by atoms with Crippen LogP contribution in [0.3, 0.4) is 0 Å². The second-order valence-corrected chi connectivity index (χ2v) is 3.76. The summed E-state index contributed by atoms with van der Waals surface area (Å²) in [5.41, 5.74) is 4.15. The molecule has 0 aliphatic rings. The molecule has 0 unspecified atom stereocenters. The van der Waals surface area contributed by atoms with E-state index in [4.69, 9.17) is 0 Å². The summed E-state index contributed by atoms with van der Waals surface area (Å²) < 4.78 is 4.56. The predicted octanol–water partition coefficient (Wildman–Crippen LogP) is 1.82. The summed E-state index contributed by atoms with van der Waals surface area (Å²) in [6, 6.07) is 0.544. The second kappa shape index (κ2) is 2.92. The lowest BCUT2D eigenvalue weighted by Crippen LogP contribution is -2.42. The van der Waals surface area contributed by atoms with Crippen molar-refractivity contribution in [3.63, 3.8) is 0 Å². The highest BCUT2D eigenvalue weighted by Crippen LogP contribution is 2.13. The number of hydrogen-bond donors (Lipinski definition) is 0. The number of aromatic nitrogens is 2. The Bertz CT molecular complexity index is 270. The number of nitrogens with zero attached hydrogens (tertiary/aromatic N) is 2. The number of hydrogen-bond acceptors (Lipinski definition) is 0. The largest absolute Gasteiger partial charge is 0.207 e. The first-order valence-electron chi connectivity index (χ1n) is 4.51. The van der Waals surface area contributed by atoms with Crippen LogP contribution in [0.5, 0.6) is 0 Å². The molecule has 0 fully saturated rings. The summed E-state index contributed by atoms with van der Waals surface area (Å²) in [6.45, 7) is 11.0. The first-order valence-corrected chi connectivity index (χ1v) is 4.51. The van der Waals surface area contributed by atoms with E-state index in [9.17, 15) is 0 Å². The van der Waals surface area contributed by atoms with Crippen molar-refractivity contribution in [3.05, 3.63) is 17.0 Å². The zero-order chi connectivity index (χ0) is 9.46. The van der Waals surface area contributed by atoms with Crippen LogP contribution in [0.15, 0.2) is 0 Å². The van der Waals surface area contributed by atoms with Gasteiger partial charge in [-0.25, -0.2) is 0 Å². The highest BCUT2D eigenvalue weighted by atomic mass is 15.4. The molecule has 0 saturated heterocycles. The Balaban J connectivity index is 3.38. The van der Waals surface area contributed by atoms with E-state index >= 15 is 0 Å². The Labute approximate surface area is 74.8 Å². The summed E-state index contributed by atoms with van der Waals surface area (Å²) in [5.74, 6) is 0. The van der Waals surface area contributed by atoms with Crippen LogP contribution in [0.2, 0.25) is 0 Å². The lowest BCUT2D eigenvalue weighted by Gasteiger charge is -2.05. The van der Waals surface area contributed by atoms with Crippen LogP contribution < -0.4 is 4.68 Å². The van der Waals surface area contributed by atoms with Crippen LogP contribution in [0.25, 0.3) is 0 Å². The van der Waals surface area contributed by atoms with Crippen LogP contribution in [0, 0.1) is 20.8 Å². The molecule has 1 heterocycles. The van der Waals surface area contributed by atoms with Crippen molar-refractivity contribution in [2.45, 2.75) is 40.7 Å². The Morgan fingerprint density at radius 3 is 1.83 bits per heavy atom. The van der Waals surface area contributed by atoms with Crippen molar-refractivity contribution in [2.75, 3.05) is 0 Å². The minimum Gasteiger partial charge on any atom is -0.155 e. The molecule has 2 nitrogen and oxygen atoms in total. The summed E-state index contributed by atoms with van der Waals surface area (Å²) in [4.78, 5) is 0. The molecule has 2 heteroatoms. The van der Waals surface area contributed by atoms with Gasteiger partial charge in [-0.1, -0.05) is 0 Å². The van der Waals surface area contributed by atoms with E-state index in [0.717, 1.165) is 0 Å². The fourth-order valence-corrected chi connectivity index (χ4v) is 1.80. The molecule has 12 heavy (non-hydrogen) atoms. The van der Waals surface area contributed by atoms with Gasteiger partial charge < -0.3 is 0 Å². The summed E-state index contributed by atoms with van der Waals surface area (Å²) in [5, 5.41) is 0. The second-order valence-electron chi connectivity index (χ2n) is 3.76. The molecule has 1 aromatic rings. The van der Waals surface area contributed by atoms with Crippen molar-refractivity contribution >= 4 is 0 Å². The average molecular weight is 167 g/mol. The molecular formula is C10H19N2+. The van der Waals surface area contributed by atoms with Gasteiger partial charge in [-0.05, 0) is 27.7 Å². The summed E-state index contributed by atoms with van der Waals surface area (Å²) in [6.07, 6.45) is 0. The summed E-state index contributed by atoms with van der Waals surface area (Å²) >= 11 is 0. The van der Waals surface area contributed by atoms with E-state index in [1.54, 1.807) is 0 Å². The van der Waals surface area contributed by atoms with Gasteiger partial charge >= 0.3 is 0 Å².